The van der Waals surface area contributed by atoms with Crippen LogP contribution in [0, 0.1) is 0 Å². The van der Waals surface area contributed by atoms with Crippen LogP contribution in [0.3, 0.4) is 0 Å². The number of rotatable bonds is 7. The Balaban J connectivity index is 1.41. The number of aryl methyl sites for hydroxylation is 1. The normalized spacial score (nSPS) is 16.4. The van der Waals surface area contributed by atoms with Crippen molar-refractivity contribution in [3.63, 3.8) is 0 Å². The lowest BCUT2D eigenvalue weighted by Gasteiger charge is -2.12. The third-order valence-electron chi connectivity index (χ3n) is 4.63. The Labute approximate surface area is 174 Å². The number of anilines is 1. The zero-order valence-corrected chi connectivity index (χ0v) is 17.4. The number of sulfonamides is 1. The molecule has 0 bridgehead atoms. The van der Waals surface area contributed by atoms with Crippen LogP contribution >= 0.6 is 11.8 Å². The van der Waals surface area contributed by atoms with Gasteiger partial charge in [0.2, 0.25) is 21.8 Å². The highest BCUT2D eigenvalue weighted by atomic mass is 32.2. The Kier molecular flexibility index (Phi) is 6.94. The van der Waals surface area contributed by atoms with Crippen LogP contribution in [0.2, 0.25) is 0 Å². The first-order chi connectivity index (χ1) is 13.8. The number of primary sulfonamides is 1. The number of hydrogen-bond donors (Lipinski definition) is 3. The lowest BCUT2D eigenvalue weighted by molar-refractivity contribution is -0.121. The van der Waals surface area contributed by atoms with Crippen molar-refractivity contribution in [2.75, 3.05) is 11.1 Å². The Hall–Kier alpha value is -2.36. The van der Waals surface area contributed by atoms with Crippen molar-refractivity contribution < 1.29 is 18.0 Å². The zero-order valence-electron chi connectivity index (χ0n) is 15.8. The topological polar surface area (TPSA) is 118 Å². The SMILES string of the molecule is NS(=O)(=O)c1ccc(CNC(=O)CCSC2CCc3ccccc3NC2=O)cc1. The number of nitrogens with one attached hydrogen (secondary N) is 2. The van der Waals surface area contributed by atoms with Crippen LogP contribution in [0.1, 0.15) is 24.0 Å². The number of hydrogen-bond acceptors (Lipinski definition) is 5. The van der Waals surface area contributed by atoms with Crippen LogP contribution in [0.15, 0.2) is 53.4 Å². The van der Waals surface area contributed by atoms with Gasteiger partial charge in [0, 0.05) is 24.4 Å². The minimum Gasteiger partial charge on any atom is -0.352 e. The molecule has 0 fully saturated rings. The molecule has 9 heteroatoms. The Bertz CT molecular complexity index is 991. The van der Waals surface area contributed by atoms with Gasteiger partial charge >= 0.3 is 0 Å². The van der Waals surface area contributed by atoms with E-state index in [2.05, 4.69) is 10.6 Å². The summed E-state index contributed by atoms with van der Waals surface area (Å²) < 4.78 is 22.5. The molecule has 3 rings (SSSR count). The molecule has 4 N–H and O–H groups in total. The van der Waals surface area contributed by atoms with E-state index in [1.165, 1.54) is 23.9 Å². The molecule has 1 unspecified atom stereocenters. The van der Waals surface area contributed by atoms with Gasteiger partial charge in [-0.05, 0) is 42.2 Å². The summed E-state index contributed by atoms with van der Waals surface area (Å²) in [5.41, 5.74) is 2.78. The van der Waals surface area contributed by atoms with Gasteiger partial charge in [-0.1, -0.05) is 30.3 Å². The van der Waals surface area contributed by atoms with E-state index >= 15 is 0 Å². The van der Waals surface area contributed by atoms with Crippen LogP contribution in [0.25, 0.3) is 0 Å². The van der Waals surface area contributed by atoms with Gasteiger partial charge in [0.05, 0.1) is 10.1 Å². The first-order valence-electron chi connectivity index (χ1n) is 9.22. The highest BCUT2D eigenvalue weighted by Crippen LogP contribution is 2.27. The van der Waals surface area contributed by atoms with Gasteiger partial charge in [-0.15, -0.1) is 11.8 Å². The molecule has 1 atom stereocenters. The highest BCUT2D eigenvalue weighted by Gasteiger charge is 2.23. The summed E-state index contributed by atoms with van der Waals surface area (Å²) in [4.78, 5) is 24.5. The minimum absolute atomic E-state index is 0.0182. The number of thioether (sulfide) groups is 1. The maximum absolute atomic E-state index is 12.4. The number of carbonyl (C=O) groups is 2. The molecule has 154 valence electrons. The quantitative estimate of drug-likeness (QED) is 0.617. The van der Waals surface area contributed by atoms with E-state index in [0.29, 0.717) is 18.7 Å². The van der Waals surface area contributed by atoms with E-state index in [-0.39, 0.29) is 22.0 Å². The molecule has 29 heavy (non-hydrogen) atoms. The summed E-state index contributed by atoms with van der Waals surface area (Å²) in [6.45, 7) is 0.299. The van der Waals surface area contributed by atoms with E-state index in [1.807, 2.05) is 24.3 Å². The van der Waals surface area contributed by atoms with E-state index in [1.54, 1.807) is 12.1 Å². The molecule has 1 aliphatic heterocycles. The molecule has 1 aliphatic rings. The molecule has 0 saturated heterocycles. The molecule has 0 aromatic heterocycles. The Morgan fingerprint density at radius 3 is 2.62 bits per heavy atom. The van der Waals surface area contributed by atoms with Crippen molar-refractivity contribution in [2.45, 2.75) is 36.0 Å². The van der Waals surface area contributed by atoms with Gasteiger partial charge < -0.3 is 10.6 Å². The van der Waals surface area contributed by atoms with Crippen LogP contribution < -0.4 is 15.8 Å². The second kappa shape index (κ2) is 9.43. The molecule has 0 radical (unpaired) electrons. The highest BCUT2D eigenvalue weighted by molar-refractivity contribution is 8.00. The summed E-state index contributed by atoms with van der Waals surface area (Å²) >= 11 is 1.49. The fourth-order valence-corrected chi connectivity index (χ4v) is 4.63. The maximum atomic E-state index is 12.4. The molecule has 7 nitrogen and oxygen atoms in total. The molecule has 2 amide bonds. The molecular weight excluding hydrogens is 410 g/mol. The summed E-state index contributed by atoms with van der Waals surface area (Å²) in [6.07, 6.45) is 1.87. The molecule has 0 aliphatic carbocycles. The van der Waals surface area contributed by atoms with E-state index in [9.17, 15) is 18.0 Å². The van der Waals surface area contributed by atoms with Gasteiger partial charge in [0.25, 0.3) is 0 Å². The van der Waals surface area contributed by atoms with Crippen molar-refractivity contribution in [3.05, 3.63) is 59.7 Å². The van der Waals surface area contributed by atoms with Crippen molar-refractivity contribution in [2.24, 2.45) is 5.14 Å². The van der Waals surface area contributed by atoms with Gasteiger partial charge in [-0.2, -0.15) is 0 Å². The molecular formula is C20H23N3O4S2. The largest absolute Gasteiger partial charge is 0.352 e. The number of benzene rings is 2. The van der Waals surface area contributed by atoms with E-state index in [4.69, 9.17) is 5.14 Å². The second-order valence-corrected chi connectivity index (χ2v) is 9.63. The summed E-state index contributed by atoms with van der Waals surface area (Å²) in [7, 11) is -3.72. The molecule has 0 saturated carbocycles. The number of para-hydroxylation sites is 1. The third-order valence-corrected chi connectivity index (χ3v) is 6.85. The summed E-state index contributed by atoms with van der Waals surface area (Å²) in [5.74, 6) is 0.408. The van der Waals surface area contributed by atoms with Crippen LogP contribution in [0.5, 0.6) is 0 Å². The average Bonchev–Trinajstić information content (AvgIpc) is 2.85. The standard InChI is InChI=1S/C20H23N3O4S2/c21-29(26,27)16-8-5-14(6-9-16)13-22-19(24)11-12-28-18-10-7-15-3-1-2-4-17(15)23-20(18)25/h1-6,8-9,18H,7,10-13H2,(H,22,24)(H,23,25)(H2,21,26,27). The zero-order chi connectivity index (χ0) is 20.9. The predicted molar refractivity (Wildman–Crippen MR) is 114 cm³/mol. The fraction of sp³-hybridized carbons (Fsp3) is 0.300. The third kappa shape index (κ3) is 6.06. The number of fused-ring (bicyclic) bond motifs is 1. The average molecular weight is 434 g/mol. The van der Waals surface area contributed by atoms with Gasteiger partial charge in [-0.3, -0.25) is 9.59 Å². The Morgan fingerprint density at radius 2 is 1.90 bits per heavy atom. The van der Waals surface area contributed by atoms with Gasteiger partial charge in [0.1, 0.15) is 0 Å². The number of carbonyl (C=O) groups excluding carboxylic acids is 2. The first kappa shape index (κ1) is 21.4. The summed E-state index contributed by atoms with van der Waals surface area (Å²) in [6, 6.07) is 13.8. The molecule has 0 spiro atoms. The van der Waals surface area contributed by atoms with Crippen LogP contribution in [-0.4, -0.2) is 31.2 Å². The molecule has 1 heterocycles. The smallest absolute Gasteiger partial charge is 0.238 e. The first-order valence-corrected chi connectivity index (χ1v) is 11.8. The van der Waals surface area contributed by atoms with Crippen molar-refractivity contribution in [1.29, 1.82) is 0 Å². The van der Waals surface area contributed by atoms with Crippen LogP contribution in [-0.2, 0) is 32.6 Å². The van der Waals surface area contributed by atoms with Crippen LogP contribution in [0.4, 0.5) is 5.69 Å². The van der Waals surface area contributed by atoms with E-state index in [0.717, 1.165) is 29.7 Å². The minimum atomic E-state index is -3.72. The van der Waals surface area contributed by atoms with Crippen molar-refractivity contribution in [1.82, 2.24) is 5.32 Å². The Morgan fingerprint density at radius 1 is 1.17 bits per heavy atom. The number of nitrogens with two attached hydrogens (primary N) is 1. The fourth-order valence-electron chi connectivity index (χ4n) is 3.03. The van der Waals surface area contributed by atoms with Crippen molar-refractivity contribution >= 4 is 39.3 Å². The molecule has 2 aromatic carbocycles. The van der Waals surface area contributed by atoms with Gasteiger partial charge in [0.15, 0.2) is 0 Å². The van der Waals surface area contributed by atoms with Gasteiger partial charge in [-0.25, -0.2) is 13.6 Å². The second-order valence-electron chi connectivity index (χ2n) is 6.76. The summed E-state index contributed by atoms with van der Waals surface area (Å²) in [5, 5.41) is 10.6. The lowest BCUT2D eigenvalue weighted by atomic mass is 10.1. The van der Waals surface area contributed by atoms with Crippen molar-refractivity contribution in [3.8, 4) is 0 Å². The lowest BCUT2D eigenvalue weighted by Crippen LogP contribution is -2.26. The molecule has 2 aromatic rings. The number of amides is 2. The predicted octanol–water partition coefficient (Wildman–Crippen LogP) is 2.03. The monoisotopic (exact) mass is 433 g/mol. The maximum Gasteiger partial charge on any atom is 0.238 e. The van der Waals surface area contributed by atoms with E-state index < -0.39 is 10.0 Å².